The third-order valence-electron chi connectivity index (χ3n) is 3.73. The fraction of sp³-hybridized carbons (Fsp3) is 0.158. The summed E-state index contributed by atoms with van der Waals surface area (Å²) in [4.78, 5) is 16.0. The Morgan fingerprint density at radius 1 is 1.08 bits per heavy atom. The summed E-state index contributed by atoms with van der Waals surface area (Å²) in [7, 11) is 0. The average molecular weight is 356 g/mol. The Labute approximate surface area is 150 Å². The molecule has 0 unspecified atom stereocenters. The number of para-hydroxylation sites is 1. The van der Waals surface area contributed by atoms with Crippen LogP contribution < -0.4 is 16.2 Å². The summed E-state index contributed by atoms with van der Waals surface area (Å²) in [6.07, 6.45) is 2.41. The predicted molar refractivity (Wildman–Crippen MR) is 99.9 cm³/mol. The SMILES string of the molecule is Nc1nc(=O)n(CCCOc2ccccc2)cc1-c1ccc(Cl)cc1. The van der Waals surface area contributed by atoms with Crippen molar-refractivity contribution in [2.75, 3.05) is 12.3 Å². The Hall–Kier alpha value is -2.79. The molecule has 0 aliphatic rings. The van der Waals surface area contributed by atoms with Gasteiger partial charge >= 0.3 is 5.69 Å². The number of hydrogen-bond donors (Lipinski definition) is 1. The number of rotatable bonds is 6. The Bertz CT molecular complexity index is 893. The van der Waals surface area contributed by atoms with Gasteiger partial charge in [0.1, 0.15) is 11.6 Å². The Kier molecular flexibility index (Phi) is 5.36. The minimum Gasteiger partial charge on any atom is -0.494 e. The molecule has 0 bridgehead atoms. The molecule has 5 nitrogen and oxygen atoms in total. The second-order valence-corrected chi connectivity index (χ2v) is 5.97. The van der Waals surface area contributed by atoms with Gasteiger partial charge < -0.3 is 10.5 Å². The summed E-state index contributed by atoms with van der Waals surface area (Å²) >= 11 is 5.91. The molecule has 128 valence electrons. The monoisotopic (exact) mass is 355 g/mol. The fourth-order valence-electron chi connectivity index (χ4n) is 2.46. The lowest BCUT2D eigenvalue weighted by Gasteiger charge is -2.11. The smallest absolute Gasteiger partial charge is 0.349 e. The number of anilines is 1. The van der Waals surface area contributed by atoms with E-state index in [4.69, 9.17) is 22.1 Å². The first-order valence-electron chi connectivity index (χ1n) is 7.94. The molecular formula is C19H18ClN3O2. The second kappa shape index (κ2) is 7.85. The van der Waals surface area contributed by atoms with Gasteiger partial charge in [-0.25, -0.2) is 4.79 Å². The number of nitrogens with two attached hydrogens (primary N) is 1. The van der Waals surface area contributed by atoms with Crippen LogP contribution in [0.15, 0.2) is 65.6 Å². The molecule has 0 radical (unpaired) electrons. The van der Waals surface area contributed by atoms with Crippen LogP contribution in [0.2, 0.25) is 5.02 Å². The van der Waals surface area contributed by atoms with Crippen molar-refractivity contribution in [3.63, 3.8) is 0 Å². The summed E-state index contributed by atoms with van der Waals surface area (Å²) in [5.74, 6) is 1.02. The first-order valence-corrected chi connectivity index (χ1v) is 8.32. The number of benzene rings is 2. The van der Waals surface area contributed by atoms with Crippen LogP contribution >= 0.6 is 11.6 Å². The highest BCUT2D eigenvalue weighted by Crippen LogP contribution is 2.24. The van der Waals surface area contributed by atoms with Gasteiger partial charge in [0.25, 0.3) is 0 Å². The lowest BCUT2D eigenvalue weighted by Crippen LogP contribution is -2.25. The van der Waals surface area contributed by atoms with Crippen LogP contribution in [-0.2, 0) is 6.54 Å². The zero-order valence-corrected chi connectivity index (χ0v) is 14.3. The van der Waals surface area contributed by atoms with Gasteiger partial charge in [0, 0.05) is 23.3 Å². The van der Waals surface area contributed by atoms with Gasteiger partial charge in [-0.1, -0.05) is 41.9 Å². The van der Waals surface area contributed by atoms with Crippen LogP contribution in [0.1, 0.15) is 6.42 Å². The lowest BCUT2D eigenvalue weighted by atomic mass is 10.1. The van der Waals surface area contributed by atoms with Gasteiger partial charge in [-0.2, -0.15) is 4.98 Å². The average Bonchev–Trinajstić information content (AvgIpc) is 2.62. The minimum absolute atomic E-state index is 0.212. The molecule has 3 aromatic rings. The van der Waals surface area contributed by atoms with Gasteiger partial charge in [0.05, 0.1) is 6.61 Å². The van der Waals surface area contributed by atoms with E-state index in [9.17, 15) is 4.79 Å². The summed E-state index contributed by atoms with van der Waals surface area (Å²) in [6, 6.07) is 16.8. The molecule has 0 fully saturated rings. The van der Waals surface area contributed by atoms with E-state index in [0.29, 0.717) is 30.2 Å². The Balaban J connectivity index is 1.70. The maximum atomic E-state index is 12.1. The first-order chi connectivity index (χ1) is 12.1. The molecule has 25 heavy (non-hydrogen) atoms. The van der Waals surface area contributed by atoms with E-state index in [0.717, 1.165) is 11.3 Å². The van der Waals surface area contributed by atoms with Crippen LogP contribution in [-0.4, -0.2) is 16.2 Å². The molecule has 0 atom stereocenters. The highest BCUT2D eigenvalue weighted by atomic mass is 35.5. The van der Waals surface area contributed by atoms with E-state index in [-0.39, 0.29) is 11.5 Å². The zero-order chi connectivity index (χ0) is 17.6. The van der Waals surface area contributed by atoms with E-state index in [1.807, 2.05) is 42.5 Å². The molecule has 0 aliphatic carbocycles. The van der Waals surface area contributed by atoms with Crippen molar-refractivity contribution in [3.8, 4) is 16.9 Å². The van der Waals surface area contributed by atoms with Crippen molar-refractivity contribution in [1.82, 2.24) is 9.55 Å². The molecule has 6 heteroatoms. The van der Waals surface area contributed by atoms with Crippen LogP contribution in [0.5, 0.6) is 5.75 Å². The third kappa shape index (κ3) is 4.39. The summed E-state index contributed by atoms with van der Waals surface area (Å²) in [5, 5.41) is 0.640. The summed E-state index contributed by atoms with van der Waals surface area (Å²) < 4.78 is 7.19. The molecule has 0 saturated carbocycles. The lowest BCUT2D eigenvalue weighted by molar-refractivity contribution is 0.300. The van der Waals surface area contributed by atoms with Crippen molar-refractivity contribution >= 4 is 17.4 Å². The van der Waals surface area contributed by atoms with Crippen LogP contribution in [0.25, 0.3) is 11.1 Å². The first kappa shape index (κ1) is 17.0. The summed E-state index contributed by atoms with van der Waals surface area (Å²) in [5.41, 5.74) is 7.12. The summed E-state index contributed by atoms with van der Waals surface area (Å²) in [6.45, 7) is 1.01. The Morgan fingerprint density at radius 2 is 1.80 bits per heavy atom. The van der Waals surface area contributed by atoms with Gasteiger partial charge in [0.15, 0.2) is 0 Å². The topological polar surface area (TPSA) is 70.1 Å². The maximum Gasteiger partial charge on any atom is 0.349 e. The van der Waals surface area contributed by atoms with E-state index in [1.54, 1.807) is 22.9 Å². The number of halogens is 1. The number of aromatic nitrogens is 2. The number of nitrogen functional groups attached to an aromatic ring is 1. The molecule has 0 saturated heterocycles. The normalized spacial score (nSPS) is 10.6. The molecule has 0 spiro atoms. The van der Waals surface area contributed by atoms with Crippen molar-refractivity contribution in [1.29, 1.82) is 0 Å². The van der Waals surface area contributed by atoms with E-state index in [2.05, 4.69) is 4.98 Å². The molecule has 3 rings (SSSR count). The number of nitrogens with zero attached hydrogens (tertiary/aromatic N) is 2. The van der Waals surface area contributed by atoms with E-state index in [1.165, 1.54) is 0 Å². The molecule has 0 aliphatic heterocycles. The maximum absolute atomic E-state index is 12.1. The quantitative estimate of drug-likeness (QED) is 0.686. The van der Waals surface area contributed by atoms with Crippen molar-refractivity contribution in [2.24, 2.45) is 0 Å². The van der Waals surface area contributed by atoms with Crippen molar-refractivity contribution < 1.29 is 4.74 Å². The van der Waals surface area contributed by atoms with Gasteiger partial charge in [0.2, 0.25) is 0 Å². The molecular weight excluding hydrogens is 338 g/mol. The largest absolute Gasteiger partial charge is 0.494 e. The predicted octanol–water partition coefficient (Wildman–Crippen LogP) is 3.62. The van der Waals surface area contributed by atoms with E-state index >= 15 is 0 Å². The molecule has 0 amide bonds. The number of ether oxygens (including phenoxy) is 1. The van der Waals surface area contributed by atoms with Gasteiger partial charge in [-0.3, -0.25) is 4.57 Å². The fourth-order valence-corrected chi connectivity index (χ4v) is 2.58. The molecule has 2 aromatic carbocycles. The zero-order valence-electron chi connectivity index (χ0n) is 13.6. The van der Waals surface area contributed by atoms with Crippen LogP contribution in [0.3, 0.4) is 0 Å². The number of aryl methyl sites for hydroxylation is 1. The third-order valence-corrected chi connectivity index (χ3v) is 3.99. The Morgan fingerprint density at radius 3 is 2.52 bits per heavy atom. The minimum atomic E-state index is -0.366. The van der Waals surface area contributed by atoms with Gasteiger partial charge in [-0.05, 0) is 36.2 Å². The molecule has 2 N–H and O–H groups in total. The van der Waals surface area contributed by atoms with Crippen LogP contribution in [0, 0.1) is 0 Å². The van der Waals surface area contributed by atoms with Crippen molar-refractivity contribution in [2.45, 2.75) is 13.0 Å². The second-order valence-electron chi connectivity index (χ2n) is 5.54. The van der Waals surface area contributed by atoms with Crippen LogP contribution in [0.4, 0.5) is 5.82 Å². The molecule has 1 aromatic heterocycles. The van der Waals surface area contributed by atoms with E-state index < -0.39 is 0 Å². The highest BCUT2D eigenvalue weighted by molar-refractivity contribution is 6.30. The standard InChI is InChI=1S/C19H18ClN3O2/c20-15-9-7-14(8-10-15)17-13-23(19(24)22-18(17)21)11-4-12-25-16-5-2-1-3-6-16/h1-3,5-10,13H,4,11-12H2,(H2,21,22,24). The van der Waals surface area contributed by atoms with Gasteiger partial charge in [-0.15, -0.1) is 0 Å². The molecule has 1 heterocycles. The number of hydrogen-bond acceptors (Lipinski definition) is 4. The highest BCUT2D eigenvalue weighted by Gasteiger charge is 2.08. The van der Waals surface area contributed by atoms with Crippen molar-refractivity contribution in [3.05, 3.63) is 76.3 Å².